The average Bonchev–Trinajstić information content (AvgIpc) is 2.46. The van der Waals surface area contributed by atoms with Crippen LogP contribution in [0.15, 0.2) is 28.7 Å². The quantitative estimate of drug-likeness (QED) is 0.569. The Kier molecular flexibility index (Phi) is 1.68. The van der Waals surface area contributed by atoms with Crippen LogP contribution in [0, 0.1) is 0 Å². The molecule has 2 aromatic rings. The van der Waals surface area contributed by atoms with E-state index in [-0.39, 0.29) is 0 Å². The molecule has 0 aliphatic rings. The lowest BCUT2D eigenvalue weighted by atomic mass is 9.95. The lowest BCUT2D eigenvalue weighted by molar-refractivity contribution is 0.557. The van der Waals surface area contributed by atoms with Crippen molar-refractivity contribution in [2.75, 3.05) is 0 Å². The molecule has 0 unspecified atom stereocenters. The first kappa shape index (κ1) is 7.47. The third-order valence-corrected chi connectivity index (χ3v) is 2.07. The molecule has 0 aliphatic heterocycles. The van der Waals surface area contributed by atoms with Crippen molar-refractivity contribution in [1.29, 1.82) is 0 Å². The molecule has 12 heavy (non-hydrogen) atoms. The molecule has 0 fully saturated rings. The number of aryl methyl sites for hydroxylation is 1. The Morgan fingerprint density at radius 2 is 2.17 bits per heavy atom. The van der Waals surface area contributed by atoms with Gasteiger partial charge in [0.15, 0.2) is 0 Å². The van der Waals surface area contributed by atoms with Gasteiger partial charge in [0.1, 0.15) is 19.2 Å². The van der Waals surface area contributed by atoms with Gasteiger partial charge in [-0.1, -0.05) is 24.5 Å². The van der Waals surface area contributed by atoms with Crippen LogP contribution in [0.1, 0.15) is 12.7 Å². The van der Waals surface area contributed by atoms with Crippen molar-refractivity contribution in [2.45, 2.75) is 13.3 Å². The lowest BCUT2D eigenvalue weighted by Gasteiger charge is -1.89. The maximum absolute atomic E-state index is 5.57. The fourth-order valence-corrected chi connectivity index (χ4v) is 1.39. The van der Waals surface area contributed by atoms with Crippen molar-refractivity contribution < 1.29 is 4.42 Å². The molecule has 0 spiro atoms. The first-order chi connectivity index (χ1) is 5.79. The number of benzene rings is 1. The molecule has 1 aromatic carbocycles. The summed E-state index contributed by atoms with van der Waals surface area (Å²) in [6.07, 6.45) is 0.966. The van der Waals surface area contributed by atoms with Gasteiger partial charge >= 0.3 is 0 Å². The summed E-state index contributed by atoms with van der Waals surface area (Å²) in [5.74, 6) is 1.07. The third kappa shape index (κ3) is 1.13. The Morgan fingerprint density at radius 1 is 1.33 bits per heavy atom. The molecule has 1 nitrogen and oxygen atoms in total. The summed E-state index contributed by atoms with van der Waals surface area (Å²) in [6.45, 7) is 2.10. The predicted molar refractivity (Wildman–Crippen MR) is 53.8 cm³/mol. The highest BCUT2D eigenvalue weighted by atomic mass is 16.3. The second-order valence-electron chi connectivity index (χ2n) is 3.11. The maximum atomic E-state index is 5.57. The molecule has 60 valence electrons. The Morgan fingerprint density at radius 3 is 2.92 bits per heavy atom. The van der Waals surface area contributed by atoms with E-state index in [1.54, 1.807) is 0 Å². The van der Waals surface area contributed by atoms with Gasteiger partial charge in [0.05, 0.1) is 0 Å². The van der Waals surface area contributed by atoms with Crippen molar-refractivity contribution in [1.82, 2.24) is 0 Å². The Hall–Kier alpha value is -1.18. The number of hydrogen-bond acceptors (Lipinski definition) is 1. The first-order valence-electron chi connectivity index (χ1n) is 4.28. The highest BCUT2D eigenvalue weighted by Crippen LogP contribution is 2.17. The highest BCUT2D eigenvalue weighted by molar-refractivity contribution is 6.33. The van der Waals surface area contributed by atoms with Gasteiger partial charge < -0.3 is 4.42 Å². The van der Waals surface area contributed by atoms with Crippen molar-refractivity contribution >= 4 is 24.3 Å². The van der Waals surface area contributed by atoms with E-state index in [1.807, 2.05) is 6.07 Å². The second kappa shape index (κ2) is 2.70. The van der Waals surface area contributed by atoms with Crippen LogP contribution in [0.4, 0.5) is 0 Å². The smallest absolute Gasteiger partial charge is 0.139 e. The van der Waals surface area contributed by atoms with E-state index < -0.39 is 0 Å². The van der Waals surface area contributed by atoms with Crippen molar-refractivity contribution in [3.63, 3.8) is 0 Å². The summed E-state index contributed by atoms with van der Waals surface area (Å²) < 4.78 is 5.57. The average molecular weight is 158 g/mol. The summed E-state index contributed by atoms with van der Waals surface area (Å²) in [4.78, 5) is 0. The van der Waals surface area contributed by atoms with E-state index in [2.05, 4.69) is 33.0 Å². The molecule has 0 saturated heterocycles. The monoisotopic (exact) mass is 158 g/mol. The summed E-state index contributed by atoms with van der Waals surface area (Å²) in [6, 6.07) is 8.37. The molecule has 2 heteroatoms. The minimum Gasteiger partial charge on any atom is -0.461 e. The SMILES string of the molecule is Bc1ccc2oc(CC)cc2c1. The fourth-order valence-electron chi connectivity index (χ4n) is 1.39. The Labute approximate surface area is 72.8 Å². The van der Waals surface area contributed by atoms with Gasteiger partial charge in [0.25, 0.3) is 0 Å². The van der Waals surface area contributed by atoms with Gasteiger partial charge in [-0.15, -0.1) is 0 Å². The van der Waals surface area contributed by atoms with Crippen molar-refractivity contribution in [3.05, 3.63) is 30.0 Å². The minimum absolute atomic E-state index is 0.966. The topological polar surface area (TPSA) is 13.1 Å². The molecular weight excluding hydrogens is 147 g/mol. The fraction of sp³-hybridized carbons (Fsp3) is 0.200. The van der Waals surface area contributed by atoms with Crippen molar-refractivity contribution in [3.8, 4) is 0 Å². The van der Waals surface area contributed by atoms with E-state index in [0.29, 0.717) is 0 Å². The van der Waals surface area contributed by atoms with E-state index >= 15 is 0 Å². The van der Waals surface area contributed by atoms with Crippen LogP contribution >= 0.6 is 0 Å². The number of fused-ring (bicyclic) bond motifs is 1. The van der Waals surface area contributed by atoms with E-state index in [4.69, 9.17) is 4.42 Å². The standard InChI is InChI=1S/C10H11BO/c1-2-9-6-7-5-8(11)3-4-10(7)12-9/h3-6H,2,11H2,1H3. The van der Waals surface area contributed by atoms with E-state index in [9.17, 15) is 0 Å². The largest absolute Gasteiger partial charge is 0.461 e. The molecule has 1 aromatic heterocycles. The molecule has 0 atom stereocenters. The van der Waals surface area contributed by atoms with Crippen LogP contribution < -0.4 is 5.46 Å². The molecular formula is C10H11BO. The molecule has 0 radical (unpaired) electrons. The normalized spacial score (nSPS) is 10.8. The van der Waals surface area contributed by atoms with Crippen LogP contribution in [0.5, 0.6) is 0 Å². The summed E-state index contributed by atoms with van der Waals surface area (Å²) >= 11 is 0. The summed E-state index contributed by atoms with van der Waals surface area (Å²) in [5.41, 5.74) is 2.28. The molecule has 0 N–H and O–H groups in total. The highest BCUT2D eigenvalue weighted by Gasteiger charge is 2.00. The molecule has 1 heterocycles. The van der Waals surface area contributed by atoms with Crippen molar-refractivity contribution in [2.24, 2.45) is 0 Å². The van der Waals surface area contributed by atoms with Gasteiger partial charge in [-0.05, 0) is 12.1 Å². The van der Waals surface area contributed by atoms with Gasteiger partial charge in [-0.25, -0.2) is 0 Å². The zero-order valence-electron chi connectivity index (χ0n) is 7.42. The molecule has 2 rings (SSSR count). The van der Waals surface area contributed by atoms with Crippen LogP contribution in [-0.4, -0.2) is 7.85 Å². The van der Waals surface area contributed by atoms with Gasteiger partial charge in [0, 0.05) is 11.8 Å². The molecule has 0 aliphatic carbocycles. The zero-order valence-corrected chi connectivity index (χ0v) is 7.42. The van der Waals surface area contributed by atoms with Gasteiger partial charge in [-0.2, -0.15) is 0 Å². The first-order valence-corrected chi connectivity index (χ1v) is 4.28. The second-order valence-corrected chi connectivity index (χ2v) is 3.11. The van der Waals surface area contributed by atoms with Crippen LogP contribution in [0.3, 0.4) is 0 Å². The summed E-state index contributed by atoms with van der Waals surface area (Å²) in [5, 5.41) is 1.21. The number of rotatable bonds is 1. The lowest BCUT2D eigenvalue weighted by Crippen LogP contribution is -1.98. The Bertz CT molecular complexity index is 403. The molecule has 0 bridgehead atoms. The van der Waals surface area contributed by atoms with Crippen LogP contribution in [0.25, 0.3) is 11.0 Å². The van der Waals surface area contributed by atoms with Gasteiger partial charge in [-0.3, -0.25) is 0 Å². The van der Waals surface area contributed by atoms with Crippen LogP contribution in [-0.2, 0) is 6.42 Å². The Balaban J connectivity index is 2.67. The van der Waals surface area contributed by atoms with E-state index in [0.717, 1.165) is 17.8 Å². The number of furan rings is 1. The molecule has 0 saturated carbocycles. The number of hydrogen-bond donors (Lipinski definition) is 0. The summed E-state index contributed by atoms with van der Waals surface area (Å²) in [7, 11) is 2.10. The predicted octanol–water partition coefficient (Wildman–Crippen LogP) is 1.25. The van der Waals surface area contributed by atoms with Crippen LogP contribution in [0.2, 0.25) is 0 Å². The minimum atomic E-state index is 0.966. The van der Waals surface area contributed by atoms with E-state index in [1.165, 1.54) is 10.8 Å². The molecule has 0 amide bonds. The third-order valence-electron chi connectivity index (χ3n) is 2.07. The maximum Gasteiger partial charge on any atom is 0.139 e. The zero-order chi connectivity index (χ0) is 8.55. The van der Waals surface area contributed by atoms with Gasteiger partial charge in [0.2, 0.25) is 0 Å².